The molecule has 0 bridgehead atoms. The van der Waals surface area contributed by atoms with Crippen LogP contribution in [0.1, 0.15) is 59.3 Å². The molecule has 0 aliphatic carbocycles. The second kappa shape index (κ2) is 15.9. The van der Waals surface area contributed by atoms with Gasteiger partial charge in [0.2, 0.25) is 0 Å². The lowest BCUT2D eigenvalue weighted by molar-refractivity contribution is 0.0952. The van der Waals surface area contributed by atoms with Gasteiger partial charge in [-0.2, -0.15) is 0 Å². The van der Waals surface area contributed by atoms with Crippen LogP contribution in [0.5, 0.6) is 5.75 Å². The van der Waals surface area contributed by atoms with Crippen molar-refractivity contribution in [2.24, 2.45) is 4.99 Å². The van der Waals surface area contributed by atoms with E-state index in [4.69, 9.17) is 21.3 Å². The summed E-state index contributed by atoms with van der Waals surface area (Å²) in [5, 5.41) is 15.3. The largest absolute Gasteiger partial charge is 0.497 e. The van der Waals surface area contributed by atoms with E-state index in [1.54, 1.807) is 31.8 Å². The first-order valence-electron chi connectivity index (χ1n) is 15.1. The second-order valence-electron chi connectivity index (χ2n) is 11.4. The number of aryl methyl sites for hydroxylation is 1. The number of amides is 1. The summed E-state index contributed by atoms with van der Waals surface area (Å²) in [6.45, 7) is 9.75. The summed E-state index contributed by atoms with van der Waals surface area (Å²) in [4.78, 5) is 17.7. The number of carbonyl (C=O) groups excluding carboxylic acids is 1. The Labute approximate surface area is 278 Å². The number of hydrogen-bond acceptors (Lipinski definition) is 7. The maximum absolute atomic E-state index is 12.1. The van der Waals surface area contributed by atoms with Crippen molar-refractivity contribution in [3.63, 3.8) is 0 Å². The third-order valence-corrected chi connectivity index (χ3v) is 8.99. The van der Waals surface area contributed by atoms with Crippen molar-refractivity contribution >= 4 is 33.5 Å². The van der Waals surface area contributed by atoms with E-state index in [1.807, 2.05) is 73.0 Å². The Morgan fingerprint density at radius 3 is 2.41 bits per heavy atom. The van der Waals surface area contributed by atoms with E-state index in [9.17, 15) is 9.35 Å². The highest BCUT2D eigenvalue weighted by Crippen LogP contribution is 2.44. The van der Waals surface area contributed by atoms with Crippen molar-refractivity contribution in [1.82, 2.24) is 25.4 Å². The van der Waals surface area contributed by atoms with Crippen LogP contribution in [0.4, 0.5) is 0 Å². The molecule has 0 atom stereocenters. The number of fused-ring (bicyclic) bond motifs is 3. The topological polar surface area (TPSA) is 114 Å². The summed E-state index contributed by atoms with van der Waals surface area (Å²) >= 11 is 6.02. The zero-order valence-corrected chi connectivity index (χ0v) is 28.7. The first-order valence-corrected chi connectivity index (χ1v) is 17.9. The number of allylic oxidation sites excluding steroid dienone is 1. The number of nitrogens with one attached hydrogen (secondary N) is 2. The molecule has 1 aliphatic heterocycles. The molecule has 1 aliphatic rings. The third-order valence-electron chi connectivity index (χ3n) is 7.33. The SMILES string of the molecule is C=C(C)NCCCCCNC(=O)c1cccc(S(C)(C)O)c1.COc1ccc2c(c1)C(c1ccc(Cl)cc1)=NCc1nnc(C)n1-2. The lowest BCUT2D eigenvalue weighted by Crippen LogP contribution is -2.24. The number of nitrogens with zero attached hydrogens (tertiary/aromatic N) is 4. The fourth-order valence-electron chi connectivity index (χ4n) is 4.92. The Balaban J connectivity index is 0.000000210. The predicted molar refractivity (Wildman–Crippen MR) is 189 cm³/mol. The van der Waals surface area contributed by atoms with Gasteiger partial charge < -0.3 is 19.9 Å². The molecule has 1 aromatic heterocycles. The van der Waals surface area contributed by atoms with Crippen LogP contribution in [0, 0.1) is 6.92 Å². The van der Waals surface area contributed by atoms with Crippen LogP contribution >= 0.6 is 21.9 Å². The molecule has 3 N–H and O–H groups in total. The Hall–Kier alpha value is -4.12. The van der Waals surface area contributed by atoms with Crippen molar-refractivity contribution in [1.29, 1.82) is 0 Å². The molecule has 1 amide bonds. The Bertz CT molecular complexity index is 1700. The molecule has 4 aromatic rings. The molecular weight excluding hydrogens is 620 g/mol. The normalized spacial score (nSPS) is 12.4. The summed E-state index contributed by atoms with van der Waals surface area (Å²) in [5.41, 5.74) is 5.48. The Kier molecular flexibility index (Phi) is 12.0. The maximum Gasteiger partial charge on any atom is 0.251 e. The highest BCUT2D eigenvalue weighted by molar-refractivity contribution is 8.28. The summed E-state index contributed by atoms with van der Waals surface area (Å²) in [6.07, 6.45) is 6.68. The number of halogens is 1. The standard InChI is InChI=1S/C18H15ClN4O.C17H28N2O2S/c1-11-21-22-17-10-20-18(12-3-5-13(19)6-4-12)15-9-14(24-2)7-8-16(15)23(11)17;1-14(2)18-11-6-5-7-12-19-17(20)15-9-8-10-16(13-15)22(3,4)21/h3-9H,10H2,1-2H3;8-10,13,18,21H,1,5-7,11-12H2,2-4H3,(H,19,20). The molecule has 5 rings (SSSR count). The van der Waals surface area contributed by atoms with Gasteiger partial charge in [0.1, 0.15) is 18.1 Å². The van der Waals surface area contributed by atoms with Crippen molar-refractivity contribution in [3.05, 3.63) is 112 Å². The predicted octanol–water partition coefficient (Wildman–Crippen LogP) is 7.19. The smallest absolute Gasteiger partial charge is 0.251 e. The lowest BCUT2D eigenvalue weighted by Gasteiger charge is -2.24. The fourth-order valence-corrected chi connectivity index (χ4v) is 5.87. The summed E-state index contributed by atoms with van der Waals surface area (Å²) in [7, 11) is -0.136. The minimum Gasteiger partial charge on any atom is -0.497 e. The van der Waals surface area contributed by atoms with E-state index < -0.39 is 10.3 Å². The van der Waals surface area contributed by atoms with Crippen LogP contribution in [0.2, 0.25) is 5.02 Å². The molecule has 46 heavy (non-hydrogen) atoms. The van der Waals surface area contributed by atoms with E-state index in [0.717, 1.165) is 76.3 Å². The number of aromatic nitrogens is 3. The van der Waals surface area contributed by atoms with Gasteiger partial charge in [-0.1, -0.05) is 36.4 Å². The fraction of sp³-hybridized carbons (Fsp3) is 0.314. The quantitative estimate of drug-likeness (QED) is 0.147. The van der Waals surface area contributed by atoms with Gasteiger partial charge in [-0.3, -0.25) is 14.4 Å². The lowest BCUT2D eigenvalue weighted by atomic mass is 10.00. The van der Waals surface area contributed by atoms with E-state index in [2.05, 4.69) is 27.4 Å². The minimum absolute atomic E-state index is 0.0782. The molecule has 2 heterocycles. The molecule has 0 spiro atoms. The van der Waals surface area contributed by atoms with Crippen LogP contribution < -0.4 is 15.4 Å². The van der Waals surface area contributed by atoms with Gasteiger partial charge in [-0.15, -0.1) is 20.5 Å². The van der Waals surface area contributed by atoms with Crippen LogP contribution in [0.25, 0.3) is 5.69 Å². The average molecular weight is 663 g/mol. The minimum atomic E-state index is -1.80. The molecule has 0 saturated heterocycles. The van der Waals surface area contributed by atoms with Gasteiger partial charge in [-0.25, -0.2) is 0 Å². The van der Waals surface area contributed by atoms with E-state index in [1.165, 1.54) is 0 Å². The Morgan fingerprint density at radius 1 is 1.02 bits per heavy atom. The van der Waals surface area contributed by atoms with Crippen LogP contribution in [-0.2, 0) is 6.54 Å². The highest BCUT2D eigenvalue weighted by atomic mass is 35.5. The van der Waals surface area contributed by atoms with E-state index in [0.29, 0.717) is 23.7 Å². The average Bonchev–Trinajstić information content (AvgIpc) is 3.31. The van der Waals surface area contributed by atoms with Crippen LogP contribution in [0.3, 0.4) is 0 Å². The number of carbonyl (C=O) groups is 1. The molecule has 0 fully saturated rings. The van der Waals surface area contributed by atoms with E-state index >= 15 is 0 Å². The number of unbranched alkanes of at least 4 members (excludes halogenated alkanes) is 2. The van der Waals surface area contributed by atoms with E-state index in [-0.39, 0.29) is 5.91 Å². The molecule has 0 radical (unpaired) electrons. The van der Waals surface area contributed by atoms with Crippen LogP contribution in [-0.4, -0.2) is 63.6 Å². The first-order chi connectivity index (χ1) is 22.0. The van der Waals surface area contributed by atoms with Gasteiger partial charge in [0, 0.05) is 45.4 Å². The van der Waals surface area contributed by atoms with Gasteiger partial charge in [0.15, 0.2) is 5.82 Å². The summed E-state index contributed by atoms with van der Waals surface area (Å²) in [6, 6.07) is 20.9. The van der Waals surface area contributed by atoms with Gasteiger partial charge >= 0.3 is 0 Å². The Morgan fingerprint density at radius 2 is 1.74 bits per heavy atom. The molecule has 0 saturated carbocycles. The molecular formula is C35H43ClN6O3S. The van der Waals surface area contributed by atoms with Crippen molar-refractivity contribution in [3.8, 4) is 11.4 Å². The molecule has 11 heteroatoms. The third kappa shape index (κ3) is 9.22. The number of rotatable bonds is 11. The second-order valence-corrected chi connectivity index (χ2v) is 14.8. The van der Waals surface area contributed by atoms with Crippen molar-refractivity contribution in [2.45, 2.75) is 44.6 Å². The monoisotopic (exact) mass is 662 g/mol. The molecule has 244 valence electrons. The van der Waals surface area contributed by atoms with Gasteiger partial charge in [0.05, 0.1) is 18.5 Å². The number of hydrogen-bond donors (Lipinski definition) is 3. The highest BCUT2D eigenvalue weighted by Gasteiger charge is 2.22. The number of benzene rings is 3. The molecule has 9 nitrogen and oxygen atoms in total. The number of aliphatic imine (C=N–C) groups is 1. The van der Waals surface area contributed by atoms with Crippen molar-refractivity contribution < 1.29 is 14.1 Å². The van der Waals surface area contributed by atoms with Gasteiger partial charge in [-0.05, 0) is 94.2 Å². The number of methoxy groups -OCH3 is 1. The van der Waals surface area contributed by atoms with Crippen molar-refractivity contribution in [2.75, 3.05) is 32.7 Å². The summed E-state index contributed by atoms with van der Waals surface area (Å²) in [5.74, 6) is 2.36. The molecule has 0 unspecified atom stereocenters. The maximum atomic E-state index is 12.1. The van der Waals surface area contributed by atoms with Gasteiger partial charge in [0.25, 0.3) is 5.91 Å². The number of ether oxygens (including phenoxy) is 1. The zero-order chi connectivity index (χ0) is 33.3. The summed E-state index contributed by atoms with van der Waals surface area (Å²) < 4.78 is 17.5. The molecule has 3 aromatic carbocycles. The zero-order valence-electron chi connectivity index (χ0n) is 27.1. The van der Waals surface area contributed by atoms with Crippen LogP contribution in [0.15, 0.2) is 88.9 Å². The first kappa shape index (κ1) is 34.7.